The van der Waals surface area contributed by atoms with Gasteiger partial charge in [-0.1, -0.05) is 30.3 Å². The molecule has 0 atom stereocenters. The van der Waals surface area contributed by atoms with Crippen LogP contribution in [0.1, 0.15) is 24.7 Å². The lowest BCUT2D eigenvalue weighted by Gasteiger charge is -2.29. The first kappa shape index (κ1) is 23.8. The third-order valence-corrected chi connectivity index (χ3v) is 5.44. The number of furan rings is 1. The molecule has 0 bridgehead atoms. The largest absolute Gasteiger partial charge is 0.467 e. The minimum absolute atomic E-state index is 0.0302. The van der Waals surface area contributed by atoms with Crippen molar-refractivity contribution in [3.63, 3.8) is 0 Å². The molecule has 8 heteroatoms. The molecule has 32 heavy (non-hydrogen) atoms. The molecule has 0 unspecified atom stereocenters. The summed E-state index contributed by atoms with van der Waals surface area (Å²) in [5.74, 6) is 0.606. The van der Waals surface area contributed by atoms with Crippen LogP contribution in [-0.2, 0) is 22.6 Å². The standard InChI is InChI=1S/C24H34N4O4/c1-2-25-24(30)27(12-7-11-26-13-16-31-17-14-26)20-23(29)28(19-22-10-6-15-32-22)18-21-8-4-3-5-9-21/h3-6,8-10,15H,2,7,11-14,16-20H2,1H3,(H,25,30). The number of benzene rings is 1. The molecule has 1 aliphatic heterocycles. The molecule has 0 radical (unpaired) electrons. The molecular formula is C24H34N4O4. The van der Waals surface area contributed by atoms with Crippen LogP contribution in [0.2, 0.25) is 0 Å². The summed E-state index contributed by atoms with van der Waals surface area (Å²) in [6, 6.07) is 13.3. The Morgan fingerprint density at radius 2 is 1.81 bits per heavy atom. The molecule has 3 rings (SSSR count). The Labute approximate surface area is 190 Å². The minimum Gasteiger partial charge on any atom is -0.467 e. The quantitative estimate of drug-likeness (QED) is 0.579. The Morgan fingerprint density at radius 1 is 1.03 bits per heavy atom. The van der Waals surface area contributed by atoms with E-state index in [1.165, 1.54) is 0 Å². The number of rotatable bonds is 11. The number of nitrogens with zero attached hydrogens (tertiary/aromatic N) is 3. The second-order valence-electron chi connectivity index (χ2n) is 7.88. The molecular weight excluding hydrogens is 408 g/mol. The van der Waals surface area contributed by atoms with E-state index in [0.717, 1.165) is 44.8 Å². The van der Waals surface area contributed by atoms with E-state index in [1.807, 2.05) is 49.4 Å². The van der Waals surface area contributed by atoms with Crippen LogP contribution < -0.4 is 5.32 Å². The summed E-state index contributed by atoms with van der Waals surface area (Å²) in [6.07, 6.45) is 2.41. The van der Waals surface area contributed by atoms with E-state index in [1.54, 1.807) is 16.1 Å². The fourth-order valence-corrected chi connectivity index (χ4v) is 3.72. The van der Waals surface area contributed by atoms with Gasteiger partial charge in [0.15, 0.2) is 0 Å². The van der Waals surface area contributed by atoms with E-state index >= 15 is 0 Å². The number of carbonyl (C=O) groups excluding carboxylic acids is 2. The number of nitrogens with one attached hydrogen (secondary N) is 1. The van der Waals surface area contributed by atoms with Gasteiger partial charge in [-0.05, 0) is 31.0 Å². The number of carbonyl (C=O) groups is 2. The minimum atomic E-state index is -0.208. The smallest absolute Gasteiger partial charge is 0.317 e. The van der Waals surface area contributed by atoms with E-state index in [0.29, 0.717) is 31.9 Å². The fraction of sp³-hybridized carbons (Fsp3) is 0.500. The Kier molecular flexibility index (Phi) is 9.59. The van der Waals surface area contributed by atoms with Crippen LogP contribution in [0.15, 0.2) is 53.1 Å². The third kappa shape index (κ3) is 7.69. The van der Waals surface area contributed by atoms with Gasteiger partial charge < -0.3 is 24.3 Å². The number of ether oxygens (including phenoxy) is 1. The van der Waals surface area contributed by atoms with Crippen molar-refractivity contribution < 1.29 is 18.7 Å². The lowest BCUT2D eigenvalue weighted by Crippen LogP contribution is -2.47. The van der Waals surface area contributed by atoms with Crippen molar-refractivity contribution >= 4 is 11.9 Å². The number of amides is 3. The zero-order valence-corrected chi connectivity index (χ0v) is 18.9. The predicted octanol–water partition coefficient (Wildman–Crippen LogP) is 2.56. The summed E-state index contributed by atoms with van der Waals surface area (Å²) in [5, 5.41) is 2.84. The van der Waals surface area contributed by atoms with Gasteiger partial charge in [-0.15, -0.1) is 0 Å². The van der Waals surface area contributed by atoms with Crippen LogP contribution >= 0.6 is 0 Å². The first-order chi connectivity index (χ1) is 15.7. The average molecular weight is 443 g/mol. The molecule has 1 aromatic heterocycles. The van der Waals surface area contributed by atoms with E-state index < -0.39 is 0 Å². The maximum Gasteiger partial charge on any atom is 0.317 e. The second kappa shape index (κ2) is 12.9. The third-order valence-electron chi connectivity index (χ3n) is 5.44. The highest BCUT2D eigenvalue weighted by molar-refractivity contribution is 5.84. The zero-order chi connectivity index (χ0) is 22.6. The fourth-order valence-electron chi connectivity index (χ4n) is 3.72. The number of urea groups is 1. The highest BCUT2D eigenvalue weighted by atomic mass is 16.5. The molecule has 2 heterocycles. The van der Waals surface area contributed by atoms with Gasteiger partial charge in [0, 0.05) is 39.3 Å². The molecule has 1 N–H and O–H groups in total. The topological polar surface area (TPSA) is 78.3 Å². The molecule has 0 spiro atoms. The monoisotopic (exact) mass is 442 g/mol. The summed E-state index contributed by atoms with van der Waals surface area (Å²) in [7, 11) is 0. The predicted molar refractivity (Wildman–Crippen MR) is 122 cm³/mol. The zero-order valence-electron chi connectivity index (χ0n) is 18.9. The number of hydrogen-bond donors (Lipinski definition) is 1. The van der Waals surface area contributed by atoms with Crippen LogP contribution in [0, 0.1) is 0 Å². The van der Waals surface area contributed by atoms with Gasteiger partial charge in [-0.25, -0.2) is 4.79 Å². The number of hydrogen-bond acceptors (Lipinski definition) is 5. The van der Waals surface area contributed by atoms with Crippen LogP contribution in [0.25, 0.3) is 0 Å². The van der Waals surface area contributed by atoms with Gasteiger partial charge in [-0.3, -0.25) is 9.69 Å². The molecule has 3 amide bonds. The van der Waals surface area contributed by atoms with Crippen molar-refractivity contribution in [2.75, 3.05) is 52.5 Å². The molecule has 1 fully saturated rings. The van der Waals surface area contributed by atoms with Crippen molar-refractivity contribution in [2.24, 2.45) is 0 Å². The maximum atomic E-state index is 13.3. The van der Waals surface area contributed by atoms with E-state index in [2.05, 4.69) is 10.2 Å². The van der Waals surface area contributed by atoms with E-state index in [9.17, 15) is 9.59 Å². The van der Waals surface area contributed by atoms with Gasteiger partial charge in [-0.2, -0.15) is 0 Å². The molecule has 1 aromatic carbocycles. The normalized spacial score (nSPS) is 14.2. The average Bonchev–Trinajstić information content (AvgIpc) is 3.32. The number of morpholine rings is 1. The van der Waals surface area contributed by atoms with Crippen molar-refractivity contribution in [1.82, 2.24) is 20.0 Å². The first-order valence-electron chi connectivity index (χ1n) is 11.3. The molecule has 0 aliphatic carbocycles. The van der Waals surface area contributed by atoms with Crippen molar-refractivity contribution in [3.05, 3.63) is 60.1 Å². The molecule has 1 saturated heterocycles. The van der Waals surface area contributed by atoms with Gasteiger partial charge in [0.2, 0.25) is 5.91 Å². The van der Waals surface area contributed by atoms with Crippen LogP contribution in [0.5, 0.6) is 0 Å². The van der Waals surface area contributed by atoms with Crippen molar-refractivity contribution in [2.45, 2.75) is 26.4 Å². The Bertz CT molecular complexity index is 807. The van der Waals surface area contributed by atoms with Gasteiger partial charge in [0.05, 0.1) is 26.0 Å². The van der Waals surface area contributed by atoms with Crippen LogP contribution in [-0.4, -0.2) is 79.1 Å². The van der Waals surface area contributed by atoms with Crippen LogP contribution in [0.4, 0.5) is 4.79 Å². The van der Waals surface area contributed by atoms with Crippen LogP contribution in [0.3, 0.4) is 0 Å². The molecule has 8 nitrogen and oxygen atoms in total. The molecule has 0 saturated carbocycles. The summed E-state index contributed by atoms with van der Waals surface area (Å²) >= 11 is 0. The Balaban J connectivity index is 1.63. The summed E-state index contributed by atoms with van der Waals surface area (Å²) < 4.78 is 10.9. The first-order valence-corrected chi connectivity index (χ1v) is 11.3. The summed E-state index contributed by atoms with van der Waals surface area (Å²) in [6.45, 7) is 7.97. The lowest BCUT2D eigenvalue weighted by molar-refractivity contribution is -0.133. The van der Waals surface area contributed by atoms with E-state index in [4.69, 9.17) is 9.15 Å². The lowest BCUT2D eigenvalue weighted by atomic mass is 10.2. The summed E-state index contributed by atoms with van der Waals surface area (Å²) in [4.78, 5) is 31.6. The Hall–Kier alpha value is -2.84. The van der Waals surface area contributed by atoms with E-state index in [-0.39, 0.29) is 18.5 Å². The highest BCUT2D eigenvalue weighted by Gasteiger charge is 2.22. The maximum absolute atomic E-state index is 13.3. The van der Waals surface area contributed by atoms with Crippen molar-refractivity contribution in [1.29, 1.82) is 0 Å². The van der Waals surface area contributed by atoms with Crippen molar-refractivity contribution in [3.8, 4) is 0 Å². The highest BCUT2D eigenvalue weighted by Crippen LogP contribution is 2.12. The summed E-state index contributed by atoms with van der Waals surface area (Å²) in [5.41, 5.74) is 1.03. The van der Waals surface area contributed by atoms with Gasteiger partial charge in [0.25, 0.3) is 0 Å². The Morgan fingerprint density at radius 3 is 2.50 bits per heavy atom. The van der Waals surface area contributed by atoms with Gasteiger partial charge >= 0.3 is 6.03 Å². The molecule has 2 aromatic rings. The second-order valence-corrected chi connectivity index (χ2v) is 7.88. The molecule has 174 valence electrons. The molecule has 1 aliphatic rings. The van der Waals surface area contributed by atoms with Gasteiger partial charge in [0.1, 0.15) is 12.3 Å². The SMILES string of the molecule is CCNC(=O)N(CCCN1CCOCC1)CC(=O)N(Cc1ccccc1)Cc1ccco1.